The van der Waals surface area contributed by atoms with E-state index in [4.69, 9.17) is 0 Å². The number of rotatable bonds is 24. The summed E-state index contributed by atoms with van der Waals surface area (Å²) in [5, 5.41) is 6.17. The molecule has 8 nitrogen and oxygen atoms in total. The van der Waals surface area contributed by atoms with E-state index in [0.717, 1.165) is 50.0 Å². The van der Waals surface area contributed by atoms with Crippen molar-refractivity contribution in [3.8, 4) is 0 Å². The third-order valence-corrected chi connectivity index (χ3v) is 11.3. The van der Waals surface area contributed by atoms with Gasteiger partial charge in [0.15, 0.2) is 11.6 Å². The summed E-state index contributed by atoms with van der Waals surface area (Å²) >= 11 is 0. The number of benzene rings is 2. The minimum atomic E-state index is -0.796. The minimum absolute atomic E-state index is 0.0671. The first-order chi connectivity index (χ1) is 25.8. The average molecular weight is 742 g/mol. The maximum Gasteiger partial charge on any atom is 0.224 e. The van der Waals surface area contributed by atoms with Crippen molar-refractivity contribution in [2.45, 2.75) is 137 Å². The van der Waals surface area contributed by atoms with Crippen molar-refractivity contribution in [1.82, 2.24) is 15.5 Å². The first kappa shape index (κ1) is 43.1. The number of likely N-dealkylation sites (tertiary alicyclic amines) is 1. The molecular weight excluding hydrogens is 675 g/mol. The highest BCUT2D eigenvalue weighted by Gasteiger charge is 2.48. The Bertz CT molecular complexity index is 1500. The smallest absolute Gasteiger partial charge is 0.224 e. The van der Waals surface area contributed by atoms with Crippen LogP contribution in [0.2, 0.25) is 0 Å². The van der Waals surface area contributed by atoms with Crippen LogP contribution in [0, 0.1) is 29.1 Å². The highest BCUT2D eigenvalue weighted by Crippen LogP contribution is 2.47. The third-order valence-electron chi connectivity index (χ3n) is 11.3. The number of carbonyl (C=O) groups is 5. The van der Waals surface area contributed by atoms with E-state index in [1.165, 1.54) is 19.3 Å². The number of carbonyl (C=O) groups excluding carboxylic acids is 5. The van der Waals surface area contributed by atoms with Crippen molar-refractivity contribution in [3.05, 3.63) is 71.8 Å². The van der Waals surface area contributed by atoms with E-state index in [1.807, 2.05) is 95.3 Å². The number of nitrogens with zero attached hydrogens (tertiary/aromatic N) is 1. The number of hydrogen-bond acceptors (Lipinski definition) is 6. The van der Waals surface area contributed by atoms with Gasteiger partial charge in [-0.1, -0.05) is 102 Å². The molecule has 0 radical (unpaired) electrons. The molecule has 2 N–H and O–H groups in total. The highest BCUT2D eigenvalue weighted by molar-refractivity contribution is 5.97. The van der Waals surface area contributed by atoms with E-state index in [9.17, 15) is 24.0 Å². The number of nitrogens with one attached hydrogen (secondary N) is 2. The number of Topliss-reactive ketones (excluding diaryl/α,β-unsaturated/α-hetero) is 3. The van der Waals surface area contributed by atoms with Gasteiger partial charge in [-0.15, -0.1) is 0 Å². The highest BCUT2D eigenvalue weighted by atomic mass is 16.2. The molecule has 2 amide bonds. The largest absolute Gasteiger partial charge is 0.346 e. The maximum atomic E-state index is 14.3. The number of amides is 2. The Morgan fingerprint density at radius 1 is 0.704 bits per heavy atom. The van der Waals surface area contributed by atoms with Gasteiger partial charge in [0.1, 0.15) is 5.78 Å². The van der Waals surface area contributed by atoms with Crippen molar-refractivity contribution in [2.24, 2.45) is 29.1 Å². The van der Waals surface area contributed by atoms with Crippen molar-refractivity contribution in [3.63, 3.8) is 0 Å². The van der Waals surface area contributed by atoms with Crippen molar-refractivity contribution in [1.29, 1.82) is 0 Å². The summed E-state index contributed by atoms with van der Waals surface area (Å²) in [4.78, 5) is 71.7. The van der Waals surface area contributed by atoms with Crippen LogP contribution in [0.1, 0.15) is 123 Å². The summed E-state index contributed by atoms with van der Waals surface area (Å²) in [6, 6.07) is 18.2. The van der Waals surface area contributed by atoms with E-state index in [1.54, 1.807) is 0 Å². The second-order valence-corrected chi connectivity index (χ2v) is 17.3. The summed E-state index contributed by atoms with van der Waals surface area (Å²) in [7, 11) is 0. The van der Waals surface area contributed by atoms with Crippen LogP contribution in [0.5, 0.6) is 0 Å². The molecule has 0 spiro atoms. The van der Waals surface area contributed by atoms with Gasteiger partial charge in [0.2, 0.25) is 11.8 Å². The van der Waals surface area contributed by atoms with Crippen LogP contribution in [0.3, 0.4) is 0 Å². The molecule has 1 saturated heterocycles. The predicted octanol–water partition coefficient (Wildman–Crippen LogP) is 7.71. The van der Waals surface area contributed by atoms with E-state index in [-0.39, 0.29) is 53.8 Å². The lowest BCUT2D eigenvalue weighted by molar-refractivity contribution is -0.135. The van der Waals surface area contributed by atoms with Gasteiger partial charge < -0.3 is 15.5 Å². The quantitative estimate of drug-likeness (QED) is 0.114. The molecule has 54 heavy (non-hydrogen) atoms. The summed E-state index contributed by atoms with van der Waals surface area (Å²) < 4.78 is 0. The lowest BCUT2D eigenvalue weighted by Gasteiger charge is -2.27. The van der Waals surface area contributed by atoms with E-state index >= 15 is 0 Å². The average Bonchev–Trinajstić information content (AvgIpc) is 3.91. The molecule has 2 aliphatic rings. The lowest BCUT2D eigenvalue weighted by Crippen LogP contribution is -2.49. The minimum Gasteiger partial charge on any atom is -0.346 e. The van der Waals surface area contributed by atoms with Crippen LogP contribution in [-0.4, -0.2) is 65.8 Å². The van der Waals surface area contributed by atoms with Crippen LogP contribution in [-0.2, 0) is 36.8 Å². The molecule has 1 aliphatic carbocycles. The zero-order valence-corrected chi connectivity index (χ0v) is 33.7. The zero-order valence-electron chi connectivity index (χ0n) is 33.7. The van der Waals surface area contributed by atoms with Crippen LogP contribution in [0.4, 0.5) is 0 Å². The van der Waals surface area contributed by atoms with Gasteiger partial charge in [-0.3, -0.25) is 24.0 Å². The SMILES string of the molecule is CC(C)CC(NC(=O)[C@H](CCc1ccccc1)CC(=O)CCCN1CCCCC1)C(=O)C[C@@H](Cc1ccccc1)C(=O)NC(CC(C)C)C(=O)C1(C)CC1. The second-order valence-electron chi connectivity index (χ2n) is 17.3. The predicted molar refractivity (Wildman–Crippen MR) is 216 cm³/mol. The molecule has 2 aromatic carbocycles. The fraction of sp³-hybridized carbons (Fsp3) is 0.630. The molecule has 4 rings (SSSR count). The molecular formula is C46H67N3O5. The summed E-state index contributed by atoms with van der Waals surface area (Å²) in [5.74, 6) is -1.60. The fourth-order valence-corrected chi connectivity index (χ4v) is 7.79. The van der Waals surface area contributed by atoms with Crippen molar-refractivity contribution >= 4 is 29.2 Å². The van der Waals surface area contributed by atoms with Crippen molar-refractivity contribution in [2.75, 3.05) is 19.6 Å². The monoisotopic (exact) mass is 742 g/mol. The van der Waals surface area contributed by atoms with Gasteiger partial charge in [0.05, 0.1) is 12.1 Å². The molecule has 1 saturated carbocycles. The molecule has 296 valence electrons. The first-order valence-electron chi connectivity index (χ1n) is 20.8. The van der Waals surface area contributed by atoms with Crippen molar-refractivity contribution < 1.29 is 24.0 Å². The lowest BCUT2D eigenvalue weighted by atomic mass is 9.87. The topological polar surface area (TPSA) is 113 Å². The molecule has 0 aromatic heterocycles. The molecule has 1 aliphatic heterocycles. The molecule has 2 aromatic rings. The van der Waals surface area contributed by atoms with E-state index in [0.29, 0.717) is 38.5 Å². The Morgan fingerprint density at radius 3 is 1.85 bits per heavy atom. The second kappa shape index (κ2) is 21.4. The molecule has 2 unspecified atom stereocenters. The normalized spacial score (nSPS) is 17.7. The van der Waals surface area contributed by atoms with E-state index < -0.39 is 29.3 Å². The Kier molecular flexibility index (Phi) is 17.1. The van der Waals surface area contributed by atoms with Crippen LogP contribution >= 0.6 is 0 Å². The molecule has 0 bridgehead atoms. The number of ketones is 3. The van der Waals surface area contributed by atoms with Crippen LogP contribution in [0.15, 0.2) is 60.7 Å². The zero-order chi connectivity index (χ0) is 39.1. The fourth-order valence-electron chi connectivity index (χ4n) is 7.79. The van der Waals surface area contributed by atoms with Gasteiger partial charge in [0.25, 0.3) is 0 Å². The first-order valence-corrected chi connectivity index (χ1v) is 20.8. The number of aryl methyl sites for hydroxylation is 1. The molecule has 2 fully saturated rings. The maximum absolute atomic E-state index is 14.3. The van der Waals surface area contributed by atoms with E-state index in [2.05, 4.69) is 15.5 Å². The third kappa shape index (κ3) is 14.5. The Hall–Kier alpha value is -3.65. The Morgan fingerprint density at radius 2 is 1.26 bits per heavy atom. The summed E-state index contributed by atoms with van der Waals surface area (Å²) in [5.41, 5.74) is 1.63. The Labute approximate surface area is 325 Å². The standard InChI is InChI=1S/C46H67N3O5/c1-33(2)28-40(47-44(53)37(22-21-35-16-9-6-10-17-35)31-39(50)20-15-27-49-25-13-8-14-26-49)42(51)32-38(30-36-18-11-7-12-19-36)45(54)48-41(29-34(3)4)43(52)46(5)23-24-46/h6-7,9-12,16-19,33-34,37-38,40-41H,8,13-15,20-32H2,1-5H3,(H,47,53)(H,48,54)/t37-,38-,40?,41?/m1/s1. The van der Waals surface area contributed by atoms with Gasteiger partial charge >= 0.3 is 0 Å². The summed E-state index contributed by atoms with van der Waals surface area (Å²) in [6.07, 6.45) is 9.10. The number of hydrogen-bond donors (Lipinski definition) is 2. The van der Waals surface area contributed by atoms with Crippen LogP contribution in [0.25, 0.3) is 0 Å². The van der Waals surface area contributed by atoms with Gasteiger partial charge in [-0.2, -0.15) is 0 Å². The molecule has 1 heterocycles. The van der Waals surface area contributed by atoms with Gasteiger partial charge in [-0.05, 0) is 107 Å². The molecule has 8 heteroatoms. The van der Waals surface area contributed by atoms with Gasteiger partial charge in [0, 0.05) is 36.5 Å². The van der Waals surface area contributed by atoms with Crippen LogP contribution < -0.4 is 10.6 Å². The summed E-state index contributed by atoms with van der Waals surface area (Å²) in [6.45, 7) is 13.2. The molecule has 4 atom stereocenters. The van der Waals surface area contributed by atoms with Gasteiger partial charge in [-0.25, -0.2) is 0 Å². The number of piperidine rings is 1. The Balaban J connectivity index is 1.48.